The number of amides is 1. The summed E-state index contributed by atoms with van der Waals surface area (Å²) in [4.78, 5) is 26.0. The van der Waals surface area contributed by atoms with Crippen LogP contribution in [-0.2, 0) is 11.3 Å². The van der Waals surface area contributed by atoms with Crippen molar-refractivity contribution in [3.8, 4) is 22.5 Å². The molecule has 4 rings (SSSR count). The van der Waals surface area contributed by atoms with Crippen LogP contribution in [0.15, 0.2) is 55.1 Å². The maximum atomic E-state index is 13.0. The van der Waals surface area contributed by atoms with E-state index in [2.05, 4.69) is 21.9 Å². The van der Waals surface area contributed by atoms with Gasteiger partial charge in [0.05, 0.1) is 17.7 Å². The number of nitrogens with zero attached hydrogens (tertiary/aromatic N) is 5. The molecule has 3 aromatic rings. The highest BCUT2D eigenvalue weighted by atomic mass is 35.5. The van der Waals surface area contributed by atoms with E-state index in [1.54, 1.807) is 18.7 Å². The number of carbonyl (C=O) groups is 1. The SMILES string of the molecule is CN1CCCN(C(=O)Cn2cnc(-c3ccc(Cl)cc3)c2-c2ccncc2)CC1. The average molecular weight is 410 g/mol. The molecule has 0 saturated carbocycles. The Hall–Kier alpha value is -2.70. The molecule has 0 atom stereocenters. The fourth-order valence-corrected chi connectivity index (χ4v) is 3.80. The second-order valence-electron chi connectivity index (χ2n) is 7.35. The number of halogens is 1. The highest BCUT2D eigenvalue weighted by Crippen LogP contribution is 2.31. The predicted molar refractivity (Wildman–Crippen MR) is 115 cm³/mol. The van der Waals surface area contributed by atoms with E-state index in [-0.39, 0.29) is 12.5 Å². The van der Waals surface area contributed by atoms with Gasteiger partial charge in [-0.2, -0.15) is 0 Å². The van der Waals surface area contributed by atoms with Crippen LogP contribution in [0.3, 0.4) is 0 Å². The maximum absolute atomic E-state index is 13.0. The molecule has 1 fully saturated rings. The molecule has 0 N–H and O–H groups in total. The molecule has 1 saturated heterocycles. The Labute approximate surface area is 175 Å². The van der Waals surface area contributed by atoms with Crippen molar-refractivity contribution >= 4 is 17.5 Å². The summed E-state index contributed by atoms with van der Waals surface area (Å²) in [5.41, 5.74) is 3.68. The van der Waals surface area contributed by atoms with Crippen LogP contribution >= 0.6 is 11.6 Å². The normalized spacial score (nSPS) is 15.3. The lowest BCUT2D eigenvalue weighted by Gasteiger charge is -2.21. The molecule has 6 nitrogen and oxygen atoms in total. The summed E-state index contributed by atoms with van der Waals surface area (Å²) in [5, 5.41) is 0.681. The van der Waals surface area contributed by atoms with Gasteiger partial charge in [0.1, 0.15) is 6.54 Å². The molecule has 7 heteroatoms. The van der Waals surface area contributed by atoms with Gasteiger partial charge in [0, 0.05) is 48.2 Å². The largest absolute Gasteiger partial charge is 0.340 e. The van der Waals surface area contributed by atoms with Crippen molar-refractivity contribution in [1.82, 2.24) is 24.3 Å². The van der Waals surface area contributed by atoms with Crippen LogP contribution in [0.1, 0.15) is 6.42 Å². The smallest absolute Gasteiger partial charge is 0.242 e. The van der Waals surface area contributed by atoms with E-state index < -0.39 is 0 Å². The zero-order chi connectivity index (χ0) is 20.2. The molecule has 150 valence electrons. The van der Waals surface area contributed by atoms with Crippen LogP contribution in [0.25, 0.3) is 22.5 Å². The Morgan fingerprint density at radius 3 is 2.52 bits per heavy atom. The van der Waals surface area contributed by atoms with Gasteiger partial charge in [-0.3, -0.25) is 9.78 Å². The highest BCUT2D eigenvalue weighted by molar-refractivity contribution is 6.30. The third kappa shape index (κ3) is 4.49. The van der Waals surface area contributed by atoms with Gasteiger partial charge < -0.3 is 14.4 Å². The molecule has 1 aliphatic rings. The van der Waals surface area contributed by atoms with Gasteiger partial charge in [-0.25, -0.2) is 4.98 Å². The Bertz CT molecular complexity index is 971. The number of imidazole rings is 1. The van der Waals surface area contributed by atoms with Crippen LogP contribution in [0.5, 0.6) is 0 Å². The molecule has 2 aromatic heterocycles. The Balaban J connectivity index is 1.66. The first-order valence-corrected chi connectivity index (χ1v) is 10.2. The topological polar surface area (TPSA) is 54.3 Å². The lowest BCUT2D eigenvalue weighted by molar-refractivity contribution is -0.131. The van der Waals surface area contributed by atoms with E-state index in [1.807, 2.05) is 45.9 Å². The van der Waals surface area contributed by atoms with Crippen LogP contribution in [0.4, 0.5) is 0 Å². The predicted octanol–water partition coefficient (Wildman–Crippen LogP) is 3.43. The van der Waals surface area contributed by atoms with Gasteiger partial charge >= 0.3 is 0 Å². The standard InChI is InChI=1S/C22H24ClN5O/c1-26-11-2-12-27(14-13-26)20(29)15-28-16-25-21(17-3-5-19(23)6-4-17)22(28)18-7-9-24-10-8-18/h3-10,16H,2,11-15H2,1H3. The monoisotopic (exact) mass is 409 g/mol. The summed E-state index contributed by atoms with van der Waals surface area (Å²) in [5.74, 6) is 0.121. The van der Waals surface area contributed by atoms with Gasteiger partial charge in [0.25, 0.3) is 0 Å². The van der Waals surface area contributed by atoms with Crippen LogP contribution in [0, 0.1) is 0 Å². The van der Waals surface area contributed by atoms with E-state index in [0.29, 0.717) is 5.02 Å². The van der Waals surface area contributed by atoms with E-state index in [0.717, 1.165) is 55.1 Å². The van der Waals surface area contributed by atoms with Gasteiger partial charge in [-0.1, -0.05) is 23.7 Å². The summed E-state index contributed by atoms with van der Waals surface area (Å²) < 4.78 is 1.94. The lowest BCUT2D eigenvalue weighted by atomic mass is 10.1. The zero-order valence-electron chi connectivity index (χ0n) is 16.5. The molecular formula is C22H24ClN5O. The first kappa shape index (κ1) is 19.6. The molecule has 0 radical (unpaired) electrons. The highest BCUT2D eigenvalue weighted by Gasteiger charge is 2.21. The van der Waals surface area contributed by atoms with Gasteiger partial charge in [-0.05, 0) is 44.3 Å². The van der Waals surface area contributed by atoms with E-state index in [1.165, 1.54) is 0 Å². The molecule has 0 spiro atoms. The van der Waals surface area contributed by atoms with E-state index in [4.69, 9.17) is 11.6 Å². The molecule has 1 amide bonds. The number of aromatic nitrogens is 3. The minimum absolute atomic E-state index is 0.121. The third-order valence-corrected chi connectivity index (χ3v) is 5.54. The van der Waals surface area contributed by atoms with Crippen LogP contribution < -0.4 is 0 Å². The number of hydrogen-bond donors (Lipinski definition) is 0. The molecule has 0 bridgehead atoms. The lowest BCUT2D eigenvalue weighted by Crippen LogP contribution is -2.36. The number of benzene rings is 1. The second-order valence-corrected chi connectivity index (χ2v) is 7.79. The Morgan fingerprint density at radius 2 is 1.76 bits per heavy atom. The maximum Gasteiger partial charge on any atom is 0.242 e. The van der Waals surface area contributed by atoms with Crippen molar-refractivity contribution < 1.29 is 4.79 Å². The number of likely N-dealkylation sites (N-methyl/N-ethyl adjacent to an activating group) is 1. The fraction of sp³-hybridized carbons (Fsp3) is 0.318. The summed E-state index contributed by atoms with van der Waals surface area (Å²) >= 11 is 6.05. The summed E-state index contributed by atoms with van der Waals surface area (Å²) in [7, 11) is 2.10. The number of pyridine rings is 1. The van der Waals surface area contributed by atoms with Crippen molar-refractivity contribution in [1.29, 1.82) is 0 Å². The molecular weight excluding hydrogens is 386 g/mol. The van der Waals surface area contributed by atoms with Gasteiger partial charge in [0.15, 0.2) is 0 Å². The molecule has 1 aromatic carbocycles. The number of hydrogen-bond acceptors (Lipinski definition) is 4. The Morgan fingerprint density at radius 1 is 1.00 bits per heavy atom. The van der Waals surface area contributed by atoms with E-state index >= 15 is 0 Å². The first-order valence-electron chi connectivity index (χ1n) is 9.79. The minimum Gasteiger partial charge on any atom is -0.340 e. The second kappa shape index (κ2) is 8.76. The fourth-order valence-electron chi connectivity index (χ4n) is 3.68. The first-order chi connectivity index (χ1) is 14.1. The summed E-state index contributed by atoms with van der Waals surface area (Å²) in [6.45, 7) is 3.76. The van der Waals surface area contributed by atoms with Crippen molar-refractivity contribution in [3.05, 3.63) is 60.1 Å². The summed E-state index contributed by atoms with van der Waals surface area (Å²) in [6.07, 6.45) is 6.26. The minimum atomic E-state index is 0.121. The molecule has 3 heterocycles. The number of rotatable bonds is 4. The van der Waals surface area contributed by atoms with Crippen molar-refractivity contribution in [2.24, 2.45) is 0 Å². The average Bonchev–Trinajstić information content (AvgIpc) is 3.01. The molecule has 1 aliphatic heterocycles. The quantitative estimate of drug-likeness (QED) is 0.662. The molecule has 0 unspecified atom stereocenters. The molecule has 29 heavy (non-hydrogen) atoms. The zero-order valence-corrected chi connectivity index (χ0v) is 17.2. The van der Waals surface area contributed by atoms with Gasteiger partial charge in [-0.15, -0.1) is 0 Å². The third-order valence-electron chi connectivity index (χ3n) is 5.29. The molecule has 0 aliphatic carbocycles. The van der Waals surface area contributed by atoms with E-state index in [9.17, 15) is 4.79 Å². The van der Waals surface area contributed by atoms with Crippen LogP contribution in [-0.4, -0.2) is 63.5 Å². The van der Waals surface area contributed by atoms with Crippen molar-refractivity contribution in [2.75, 3.05) is 33.2 Å². The Kier molecular flexibility index (Phi) is 5.92. The van der Waals surface area contributed by atoms with Crippen LogP contribution in [0.2, 0.25) is 5.02 Å². The van der Waals surface area contributed by atoms with Crippen molar-refractivity contribution in [2.45, 2.75) is 13.0 Å². The summed E-state index contributed by atoms with van der Waals surface area (Å²) in [6, 6.07) is 11.5. The van der Waals surface area contributed by atoms with Crippen molar-refractivity contribution in [3.63, 3.8) is 0 Å². The van der Waals surface area contributed by atoms with Gasteiger partial charge in [0.2, 0.25) is 5.91 Å². The number of carbonyl (C=O) groups excluding carboxylic acids is 1.